The summed E-state index contributed by atoms with van der Waals surface area (Å²) in [7, 11) is 0. The summed E-state index contributed by atoms with van der Waals surface area (Å²) in [5.74, 6) is 0.132. The van der Waals surface area contributed by atoms with E-state index >= 15 is 0 Å². The molecule has 1 aliphatic rings. The summed E-state index contributed by atoms with van der Waals surface area (Å²) in [6.45, 7) is 5.06. The summed E-state index contributed by atoms with van der Waals surface area (Å²) in [4.78, 5) is 10.6. The molecule has 0 spiro atoms. The van der Waals surface area contributed by atoms with Crippen molar-refractivity contribution in [2.75, 3.05) is 0 Å². The number of hydrogen-bond donors (Lipinski definition) is 0. The Labute approximate surface area is 47.5 Å². The van der Waals surface area contributed by atoms with Gasteiger partial charge < -0.3 is 4.74 Å². The Hall–Kier alpha value is -1.05. The van der Waals surface area contributed by atoms with Crippen LogP contribution in [0.25, 0.3) is 0 Å². The van der Waals surface area contributed by atoms with Crippen LogP contribution in [0.1, 0.15) is 6.92 Å². The smallest absolute Gasteiger partial charge is 0.226 e. The summed E-state index contributed by atoms with van der Waals surface area (Å²) in [6, 6.07) is 0. The van der Waals surface area contributed by atoms with Crippen molar-refractivity contribution >= 4 is 5.78 Å². The molecule has 0 amide bonds. The Morgan fingerprint density at radius 3 is 2.50 bits per heavy atom. The third-order valence-electron chi connectivity index (χ3n) is 0.989. The molecule has 1 aliphatic heterocycles. The molecule has 0 aromatic rings. The molecule has 0 unspecified atom stereocenters. The molecule has 0 aliphatic carbocycles. The zero-order valence-electron chi connectivity index (χ0n) is 4.60. The average Bonchev–Trinajstić information content (AvgIpc) is 1.98. The van der Waals surface area contributed by atoms with Crippen molar-refractivity contribution in [1.29, 1.82) is 0 Å². The summed E-state index contributed by atoms with van der Waals surface area (Å²) in [5.41, 5.74) is 0.620. The maximum absolute atomic E-state index is 10.6. The summed E-state index contributed by atoms with van der Waals surface area (Å²) in [5, 5.41) is 0. The lowest BCUT2D eigenvalue weighted by Gasteiger charge is -1.86. The van der Waals surface area contributed by atoms with Crippen molar-refractivity contribution in [3.8, 4) is 0 Å². The van der Waals surface area contributed by atoms with E-state index in [0.717, 1.165) is 0 Å². The van der Waals surface area contributed by atoms with Crippen LogP contribution < -0.4 is 0 Å². The van der Waals surface area contributed by atoms with Gasteiger partial charge in [0.2, 0.25) is 5.78 Å². The molecule has 0 N–H and O–H groups in total. The Morgan fingerprint density at radius 1 is 1.75 bits per heavy atom. The molecule has 2 nitrogen and oxygen atoms in total. The highest BCUT2D eigenvalue weighted by Gasteiger charge is 2.16. The highest BCUT2D eigenvalue weighted by atomic mass is 16.5. The molecule has 2 heteroatoms. The van der Waals surface area contributed by atoms with Crippen LogP contribution >= 0.6 is 0 Å². The largest absolute Gasteiger partial charge is 0.461 e. The van der Waals surface area contributed by atoms with Gasteiger partial charge in [-0.3, -0.25) is 4.79 Å². The van der Waals surface area contributed by atoms with Gasteiger partial charge in [-0.1, -0.05) is 6.58 Å². The van der Waals surface area contributed by atoms with Gasteiger partial charge in [-0.2, -0.15) is 0 Å². The third-order valence-corrected chi connectivity index (χ3v) is 0.989. The van der Waals surface area contributed by atoms with Crippen molar-refractivity contribution in [2.24, 2.45) is 0 Å². The fraction of sp³-hybridized carbons (Fsp3) is 0.167. The molecule has 0 fully saturated rings. The second kappa shape index (κ2) is 1.47. The van der Waals surface area contributed by atoms with Gasteiger partial charge in [0.25, 0.3) is 0 Å². The Kier molecular flexibility index (Phi) is 0.938. The molecule has 1 heterocycles. The molecule has 42 valence electrons. The van der Waals surface area contributed by atoms with Crippen LogP contribution in [0.15, 0.2) is 24.2 Å². The first kappa shape index (κ1) is 5.09. The first-order chi connectivity index (χ1) is 3.72. The number of ketones is 1. The van der Waals surface area contributed by atoms with Crippen molar-refractivity contribution in [3.63, 3.8) is 0 Å². The van der Waals surface area contributed by atoms with Crippen molar-refractivity contribution < 1.29 is 9.53 Å². The highest BCUT2D eigenvalue weighted by Crippen LogP contribution is 2.13. The normalized spacial score (nSPS) is 18.4. The number of Topliss-reactive ketones (excluding diaryl/α,β-unsaturated/α-hetero) is 1. The highest BCUT2D eigenvalue weighted by molar-refractivity contribution is 6.07. The van der Waals surface area contributed by atoms with Crippen molar-refractivity contribution in [3.05, 3.63) is 24.2 Å². The first-order valence-electron chi connectivity index (χ1n) is 2.29. The minimum Gasteiger partial charge on any atom is -0.461 e. The molecular weight excluding hydrogens is 104 g/mol. The summed E-state index contributed by atoms with van der Waals surface area (Å²) < 4.78 is 4.67. The minimum atomic E-state index is -0.0926. The maximum Gasteiger partial charge on any atom is 0.226 e. The number of rotatable bonds is 0. The lowest BCUT2D eigenvalue weighted by molar-refractivity contribution is -0.113. The van der Waals surface area contributed by atoms with Gasteiger partial charge >= 0.3 is 0 Å². The third kappa shape index (κ3) is 0.541. The number of ether oxygens (including phenoxy) is 1. The second-order valence-corrected chi connectivity index (χ2v) is 1.67. The second-order valence-electron chi connectivity index (χ2n) is 1.67. The van der Waals surface area contributed by atoms with Gasteiger partial charge in [0.05, 0.1) is 6.26 Å². The van der Waals surface area contributed by atoms with E-state index in [1.165, 1.54) is 6.26 Å². The van der Waals surface area contributed by atoms with Crippen LogP contribution in [-0.4, -0.2) is 5.78 Å². The van der Waals surface area contributed by atoms with Crippen LogP contribution in [-0.2, 0) is 9.53 Å². The predicted molar refractivity (Wildman–Crippen MR) is 29.0 cm³/mol. The van der Waals surface area contributed by atoms with E-state index in [1.54, 1.807) is 6.92 Å². The monoisotopic (exact) mass is 110 g/mol. The maximum atomic E-state index is 10.6. The molecule has 0 bridgehead atoms. The van der Waals surface area contributed by atoms with Gasteiger partial charge in [-0.05, 0) is 6.92 Å². The van der Waals surface area contributed by atoms with Gasteiger partial charge in [0.1, 0.15) is 0 Å². The summed E-state index contributed by atoms with van der Waals surface area (Å²) in [6.07, 6.45) is 1.41. The van der Waals surface area contributed by atoms with E-state index in [4.69, 9.17) is 0 Å². The van der Waals surface area contributed by atoms with E-state index in [1.807, 2.05) is 0 Å². The lowest BCUT2D eigenvalue weighted by Crippen LogP contribution is -1.94. The molecule has 0 radical (unpaired) electrons. The first-order valence-corrected chi connectivity index (χ1v) is 2.29. The predicted octanol–water partition coefficient (Wildman–Crippen LogP) is 1.00. The molecule has 0 aromatic carbocycles. The van der Waals surface area contributed by atoms with Crippen LogP contribution in [0.2, 0.25) is 0 Å². The zero-order chi connectivity index (χ0) is 6.15. The van der Waals surface area contributed by atoms with E-state index < -0.39 is 0 Å². The van der Waals surface area contributed by atoms with Gasteiger partial charge in [0.15, 0.2) is 5.76 Å². The van der Waals surface area contributed by atoms with Crippen LogP contribution in [0, 0.1) is 0 Å². The van der Waals surface area contributed by atoms with E-state index in [0.29, 0.717) is 5.57 Å². The van der Waals surface area contributed by atoms with Crippen molar-refractivity contribution in [2.45, 2.75) is 6.92 Å². The van der Waals surface area contributed by atoms with E-state index in [2.05, 4.69) is 11.3 Å². The fourth-order valence-electron chi connectivity index (χ4n) is 0.486. The van der Waals surface area contributed by atoms with Crippen LogP contribution in [0.5, 0.6) is 0 Å². The molecular formula is C6H6O2. The van der Waals surface area contributed by atoms with Gasteiger partial charge in [0, 0.05) is 5.57 Å². The number of carbonyl (C=O) groups is 1. The standard InChI is InChI=1S/C6H6O2/c1-4-3-8-5(2)6(4)7/h3H,2H2,1H3. The lowest BCUT2D eigenvalue weighted by atomic mass is 10.2. The molecule has 0 atom stereocenters. The molecule has 0 aromatic heterocycles. The zero-order valence-corrected chi connectivity index (χ0v) is 4.60. The minimum absolute atomic E-state index is 0.0926. The topological polar surface area (TPSA) is 26.3 Å². The van der Waals surface area contributed by atoms with E-state index in [9.17, 15) is 4.79 Å². The molecule has 1 rings (SSSR count). The van der Waals surface area contributed by atoms with Crippen LogP contribution in [0.4, 0.5) is 0 Å². The number of hydrogen-bond acceptors (Lipinski definition) is 2. The Balaban J connectivity index is 2.89. The summed E-state index contributed by atoms with van der Waals surface area (Å²) >= 11 is 0. The Morgan fingerprint density at radius 2 is 2.38 bits per heavy atom. The molecule has 0 saturated carbocycles. The average molecular weight is 110 g/mol. The van der Waals surface area contributed by atoms with Crippen LogP contribution in [0.3, 0.4) is 0 Å². The molecule has 8 heavy (non-hydrogen) atoms. The van der Waals surface area contributed by atoms with Crippen molar-refractivity contribution in [1.82, 2.24) is 0 Å². The quantitative estimate of drug-likeness (QED) is 0.435. The molecule has 0 saturated heterocycles. The fourth-order valence-corrected chi connectivity index (χ4v) is 0.486. The van der Waals surface area contributed by atoms with E-state index in [-0.39, 0.29) is 11.5 Å². The Bertz CT molecular complexity index is 177. The SMILES string of the molecule is C=C1OC=C(C)C1=O. The number of allylic oxidation sites excluding steroid dienone is 1. The number of carbonyl (C=O) groups excluding carboxylic acids is 1. The van der Waals surface area contributed by atoms with Gasteiger partial charge in [-0.15, -0.1) is 0 Å². The van der Waals surface area contributed by atoms with Gasteiger partial charge in [-0.25, -0.2) is 0 Å².